The third-order valence-electron chi connectivity index (χ3n) is 15.5. The molecule has 78 heavy (non-hydrogen) atoms. The minimum Gasteiger partial charge on any atom is -0.454 e. The molecular weight excluding hydrogens is 957 g/mol. The molecule has 17 aromatic rings. The number of anilines is 6. The van der Waals surface area contributed by atoms with Gasteiger partial charge in [0, 0.05) is 54.2 Å². The molecule has 0 unspecified atom stereocenters. The van der Waals surface area contributed by atoms with Gasteiger partial charge in [-0.25, -0.2) is 0 Å². The summed E-state index contributed by atoms with van der Waals surface area (Å²) in [6, 6.07) is 93.0. The zero-order chi connectivity index (χ0) is 51.3. The number of para-hydroxylation sites is 8. The van der Waals surface area contributed by atoms with Gasteiger partial charge < -0.3 is 27.5 Å². The minimum absolute atomic E-state index is 0.846. The normalized spacial score (nSPS) is 11.8. The molecule has 0 spiro atoms. The maximum absolute atomic E-state index is 6.61. The average molecular weight is 1000 g/mol. The van der Waals surface area contributed by atoms with E-state index >= 15 is 0 Å². The molecule has 0 saturated carbocycles. The molecule has 0 aliphatic carbocycles. The largest absolute Gasteiger partial charge is 0.454 e. The summed E-state index contributed by atoms with van der Waals surface area (Å²) in [5.74, 6) is 0. The van der Waals surface area contributed by atoms with Crippen molar-refractivity contribution in [2.75, 3.05) is 9.80 Å². The van der Waals surface area contributed by atoms with Gasteiger partial charge in [-0.2, -0.15) is 0 Å². The second-order valence-electron chi connectivity index (χ2n) is 19.9. The molecule has 0 aliphatic rings. The highest BCUT2D eigenvalue weighted by atomic mass is 16.3. The zero-order valence-corrected chi connectivity index (χ0v) is 41.9. The van der Waals surface area contributed by atoms with Crippen LogP contribution in [0.5, 0.6) is 0 Å². The van der Waals surface area contributed by atoms with E-state index in [-0.39, 0.29) is 0 Å². The van der Waals surface area contributed by atoms with Crippen LogP contribution in [0.15, 0.2) is 285 Å². The van der Waals surface area contributed by atoms with E-state index in [0.717, 1.165) is 122 Å². The summed E-state index contributed by atoms with van der Waals surface area (Å²) in [5.41, 5.74) is 12.9. The van der Waals surface area contributed by atoms with Crippen molar-refractivity contribution in [2.45, 2.75) is 0 Å². The highest BCUT2D eigenvalue weighted by molar-refractivity contribution is 6.20. The number of hydrogen-bond acceptors (Lipinski definition) is 6. The lowest BCUT2D eigenvalue weighted by Gasteiger charge is -2.27. The van der Waals surface area contributed by atoms with E-state index in [9.17, 15) is 0 Å². The molecular formula is C72H44N2O4. The Kier molecular flexibility index (Phi) is 9.84. The molecule has 0 aliphatic heterocycles. The second-order valence-corrected chi connectivity index (χ2v) is 19.9. The Morgan fingerprint density at radius 3 is 1.00 bits per heavy atom. The van der Waals surface area contributed by atoms with Gasteiger partial charge in [0.05, 0.1) is 28.4 Å². The number of hydrogen-bond donors (Lipinski definition) is 0. The van der Waals surface area contributed by atoms with Crippen LogP contribution in [0.4, 0.5) is 34.1 Å². The van der Waals surface area contributed by atoms with E-state index in [0.29, 0.717) is 0 Å². The van der Waals surface area contributed by atoms with Crippen molar-refractivity contribution in [1.82, 2.24) is 0 Å². The molecule has 4 heterocycles. The van der Waals surface area contributed by atoms with E-state index in [1.807, 2.05) is 48.5 Å². The van der Waals surface area contributed by atoms with Crippen LogP contribution in [-0.2, 0) is 0 Å². The van der Waals surface area contributed by atoms with Gasteiger partial charge in [0.1, 0.15) is 22.3 Å². The fourth-order valence-corrected chi connectivity index (χ4v) is 12.0. The van der Waals surface area contributed by atoms with Gasteiger partial charge in [0.2, 0.25) is 0 Å². The molecule has 0 saturated heterocycles. The van der Waals surface area contributed by atoms with Gasteiger partial charge in [-0.05, 0) is 93.7 Å². The molecule has 0 N–H and O–H groups in total. The highest BCUT2D eigenvalue weighted by Gasteiger charge is 2.26. The fraction of sp³-hybridized carbons (Fsp3) is 0. The molecule has 6 nitrogen and oxygen atoms in total. The fourth-order valence-electron chi connectivity index (χ4n) is 12.0. The molecule has 0 atom stereocenters. The average Bonchev–Trinajstić information content (AvgIpc) is 4.33. The van der Waals surface area contributed by atoms with Crippen LogP contribution < -0.4 is 9.80 Å². The highest BCUT2D eigenvalue weighted by Crippen LogP contribution is 2.50. The van der Waals surface area contributed by atoms with Crippen molar-refractivity contribution in [3.05, 3.63) is 267 Å². The maximum atomic E-state index is 6.61. The molecule has 17 rings (SSSR count). The van der Waals surface area contributed by atoms with Crippen LogP contribution >= 0.6 is 0 Å². The van der Waals surface area contributed by atoms with Crippen molar-refractivity contribution in [1.29, 1.82) is 0 Å². The number of furan rings is 4. The van der Waals surface area contributed by atoms with E-state index < -0.39 is 0 Å². The Balaban J connectivity index is 0.000000131. The molecule has 0 radical (unpaired) electrons. The third-order valence-corrected chi connectivity index (χ3v) is 15.5. The molecule has 4 aromatic heterocycles. The van der Waals surface area contributed by atoms with E-state index in [2.05, 4.69) is 228 Å². The van der Waals surface area contributed by atoms with Crippen molar-refractivity contribution >= 4 is 154 Å². The lowest BCUT2D eigenvalue weighted by atomic mass is 9.99. The number of fused-ring (bicyclic) bond motifs is 16. The van der Waals surface area contributed by atoms with Gasteiger partial charge in [-0.15, -0.1) is 0 Å². The lowest BCUT2D eigenvalue weighted by molar-refractivity contribution is 0.665. The van der Waals surface area contributed by atoms with Crippen molar-refractivity contribution in [2.24, 2.45) is 0 Å². The Bertz CT molecular complexity index is 4980. The monoisotopic (exact) mass is 1000 g/mol. The van der Waals surface area contributed by atoms with E-state index in [1.165, 1.54) is 32.3 Å². The molecule has 366 valence electrons. The summed E-state index contributed by atoms with van der Waals surface area (Å²) >= 11 is 0. The Morgan fingerprint density at radius 1 is 0.205 bits per heavy atom. The Labute approximate surface area is 446 Å². The van der Waals surface area contributed by atoms with Crippen molar-refractivity contribution in [3.63, 3.8) is 0 Å². The molecule has 0 fully saturated rings. The van der Waals surface area contributed by atoms with Gasteiger partial charge >= 0.3 is 0 Å². The molecule has 0 bridgehead atoms. The predicted molar refractivity (Wildman–Crippen MR) is 324 cm³/mol. The number of nitrogens with zero attached hydrogens (tertiary/aromatic N) is 2. The maximum Gasteiger partial charge on any atom is 0.159 e. The Morgan fingerprint density at radius 2 is 0.526 bits per heavy atom. The number of rotatable bonds is 6. The smallest absolute Gasteiger partial charge is 0.159 e. The SMILES string of the molecule is c1ccc2c(c1)ccc1cccc(N(c3cccc4c3oc3ccccc34)c3cccc4c3oc3ccccc34)c12.c1ccc2cc(N(c3cccc4c3oc3ccccc34)c3cccc4c3oc3ccccc34)ccc2c1. The van der Waals surface area contributed by atoms with Crippen molar-refractivity contribution in [3.8, 4) is 0 Å². The van der Waals surface area contributed by atoms with Gasteiger partial charge in [-0.3, -0.25) is 0 Å². The first-order chi connectivity index (χ1) is 38.7. The summed E-state index contributed by atoms with van der Waals surface area (Å²) < 4.78 is 26.2. The lowest BCUT2D eigenvalue weighted by Crippen LogP contribution is -2.11. The quantitative estimate of drug-likeness (QED) is 0.155. The molecule has 6 heteroatoms. The van der Waals surface area contributed by atoms with Crippen molar-refractivity contribution < 1.29 is 17.7 Å². The van der Waals surface area contributed by atoms with Gasteiger partial charge in [-0.1, -0.05) is 200 Å². The van der Waals surface area contributed by atoms with Crippen LogP contribution in [-0.4, -0.2) is 0 Å². The third kappa shape index (κ3) is 6.83. The predicted octanol–water partition coefficient (Wildman–Crippen LogP) is 21.4. The second kappa shape index (κ2) is 17.5. The molecule has 0 amide bonds. The van der Waals surface area contributed by atoms with Crippen LogP contribution in [0.2, 0.25) is 0 Å². The standard InChI is InChI=1S/C38H23NO2.C34H21NO2/c1-2-12-26-24(10-1)22-23-25-11-7-17-31(36(25)26)39(32-18-8-15-29-27-13-3-5-20-34(27)40-37(29)32)33-19-9-16-30-28-14-4-6-21-35(28)41-38(30)33;1-2-10-23-21-24(20-19-22(23)9-1)35(29-15-7-13-27-25-11-3-5-17-31(25)36-33(27)29)30-16-8-14-28-26-12-4-6-18-32(26)37-34(28)30/h1-23H;1-21H. The van der Waals surface area contributed by atoms with Gasteiger partial charge in [0.15, 0.2) is 22.3 Å². The van der Waals surface area contributed by atoms with Crippen LogP contribution in [0, 0.1) is 0 Å². The number of benzene rings is 13. The Hall–Kier alpha value is -10.6. The minimum atomic E-state index is 0.846. The zero-order valence-electron chi connectivity index (χ0n) is 41.9. The van der Waals surface area contributed by atoms with E-state index in [1.54, 1.807) is 0 Å². The van der Waals surface area contributed by atoms with Crippen LogP contribution in [0.25, 0.3) is 120 Å². The summed E-state index contributed by atoms with van der Waals surface area (Å²) in [4.78, 5) is 4.59. The summed E-state index contributed by atoms with van der Waals surface area (Å²) in [6.45, 7) is 0. The molecule has 13 aromatic carbocycles. The van der Waals surface area contributed by atoms with E-state index in [4.69, 9.17) is 17.7 Å². The van der Waals surface area contributed by atoms with Crippen LogP contribution in [0.3, 0.4) is 0 Å². The first-order valence-corrected chi connectivity index (χ1v) is 26.3. The summed E-state index contributed by atoms with van der Waals surface area (Å²) in [6.07, 6.45) is 0. The van der Waals surface area contributed by atoms with Gasteiger partial charge in [0.25, 0.3) is 0 Å². The topological polar surface area (TPSA) is 59.0 Å². The first kappa shape index (κ1) is 43.8. The summed E-state index contributed by atoms with van der Waals surface area (Å²) in [7, 11) is 0. The summed E-state index contributed by atoms with van der Waals surface area (Å²) in [5, 5.41) is 16.0. The first-order valence-electron chi connectivity index (χ1n) is 26.3. The van der Waals surface area contributed by atoms with Crippen LogP contribution in [0.1, 0.15) is 0 Å².